The zero-order valence-corrected chi connectivity index (χ0v) is 23.1. The molecule has 0 unspecified atom stereocenters. The van der Waals surface area contributed by atoms with Gasteiger partial charge in [-0.05, 0) is 67.1 Å². The largest absolute Gasteiger partial charge is 0.388 e. The van der Waals surface area contributed by atoms with Crippen molar-refractivity contribution in [2.45, 2.75) is 64.0 Å². The number of ether oxygens (including phenoxy) is 1. The summed E-state index contributed by atoms with van der Waals surface area (Å²) < 4.78 is 34.2. The van der Waals surface area contributed by atoms with Gasteiger partial charge in [-0.25, -0.2) is 13.8 Å². The summed E-state index contributed by atoms with van der Waals surface area (Å²) in [5, 5.41) is 11.3. The van der Waals surface area contributed by atoms with Gasteiger partial charge in [0.15, 0.2) is 11.6 Å². The molecule has 40 heavy (non-hydrogen) atoms. The van der Waals surface area contributed by atoms with Gasteiger partial charge in [-0.15, -0.1) is 0 Å². The lowest BCUT2D eigenvalue weighted by molar-refractivity contribution is -0.212. The zero-order valence-electron chi connectivity index (χ0n) is 23.1. The number of nitrogens with zero attached hydrogens (tertiary/aromatic N) is 3. The highest BCUT2D eigenvalue weighted by Crippen LogP contribution is 2.43. The van der Waals surface area contributed by atoms with Gasteiger partial charge in [-0.1, -0.05) is 30.3 Å². The summed E-state index contributed by atoms with van der Waals surface area (Å²) in [5.41, 5.74) is 3.09. The number of carbonyl (C=O) groups is 1. The SMILES string of the molecule is CC(=O)N(OCC(C)(C)O)[C@@H](c1ccc(CN2CCC3(CC2)OCc2ccncc23)cc1)c1ccc(F)c(F)c1. The van der Waals surface area contributed by atoms with Crippen LogP contribution >= 0.6 is 0 Å². The van der Waals surface area contributed by atoms with E-state index < -0.39 is 29.2 Å². The molecule has 3 heterocycles. The summed E-state index contributed by atoms with van der Waals surface area (Å²) in [4.78, 5) is 25.1. The predicted molar refractivity (Wildman–Crippen MR) is 145 cm³/mol. The third-order valence-corrected chi connectivity index (χ3v) is 7.63. The van der Waals surface area contributed by atoms with Crippen molar-refractivity contribution in [3.05, 3.63) is 100 Å². The van der Waals surface area contributed by atoms with Crippen LogP contribution in [-0.4, -0.2) is 51.3 Å². The predicted octanol–water partition coefficient (Wildman–Crippen LogP) is 5.02. The molecule has 2 aliphatic rings. The van der Waals surface area contributed by atoms with Gasteiger partial charge in [-0.3, -0.25) is 19.5 Å². The fraction of sp³-hybridized carbons (Fsp3) is 0.419. The summed E-state index contributed by atoms with van der Waals surface area (Å²) in [6.45, 7) is 7.44. The van der Waals surface area contributed by atoms with Gasteiger partial charge in [0.2, 0.25) is 5.91 Å². The van der Waals surface area contributed by atoms with Crippen LogP contribution < -0.4 is 0 Å². The average Bonchev–Trinajstić information content (AvgIpc) is 3.27. The molecule has 1 N–H and O–H groups in total. The number of pyridine rings is 1. The summed E-state index contributed by atoms with van der Waals surface area (Å²) in [6, 6.07) is 12.4. The van der Waals surface area contributed by atoms with Crippen LogP contribution in [0.5, 0.6) is 0 Å². The first-order valence-electron chi connectivity index (χ1n) is 13.5. The van der Waals surface area contributed by atoms with Gasteiger partial charge in [0.1, 0.15) is 12.6 Å². The van der Waals surface area contributed by atoms with E-state index in [1.807, 2.05) is 42.7 Å². The first-order valence-corrected chi connectivity index (χ1v) is 13.5. The van der Waals surface area contributed by atoms with E-state index in [1.165, 1.54) is 24.1 Å². The van der Waals surface area contributed by atoms with Crippen molar-refractivity contribution in [3.8, 4) is 0 Å². The van der Waals surface area contributed by atoms with Crippen molar-refractivity contribution < 1.29 is 28.3 Å². The Bertz CT molecular complexity index is 1350. The van der Waals surface area contributed by atoms with Crippen LogP contribution in [0.25, 0.3) is 0 Å². The third-order valence-electron chi connectivity index (χ3n) is 7.63. The Morgan fingerprint density at radius 1 is 1.12 bits per heavy atom. The Morgan fingerprint density at radius 3 is 2.48 bits per heavy atom. The Labute approximate surface area is 233 Å². The Morgan fingerprint density at radius 2 is 1.82 bits per heavy atom. The number of fused-ring (bicyclic) bond motifs is 2. The first kappa shape index (κ1) is 28.3. The quantitative estimate of drug-likeness (QED) is 0.397. The molecule has 0 aliphatic carbocycles. The maximum absolute atomic E-state index is 14.2. The number of rotatable bonds is 8. The van der Waals surface area contributed by atoms with Crippen molar-refractivity contribution in [2.24, 2.45) is 0 Å². The number of hydrogen-bond acceptors (Lipinski definition) is 6. The van der Waals surface area contributed by atoms with E-state index in [4.69, 9.17) is 9.57 Å². The molecule has 3 aromatic rings. The highest BCUT2D eigenvalue weighted by atomic mass is 19.2. The van der Waals surface area contributed by atoms with E-state index in [0.717, 1.165) is 55.2 Å². The molecule has 212 valence electrons. The number of hydrogen-bond donors (Lipinski definition) is 1. The minimum absolute atomic E-state index is 0.161. The molecule has 9 heteroatoms. The first-order chi connectivity index (χ1) is 19.0. The second-order valence-electron chi connectivity index (χ2n) is 11.3. The van der Waals surface area contributed by atoms with Gasteiger partial charge in [0, 0.05) is 44.5 Å². The normalized spacial score (nSPS) is 17.6. The lowest BCUT2D eigenvalue weighted by atomic mass is 9.84. The van der Waals surface area contributed by atoms with Crippen LogP contribution in [0.3, 0.4) is 0 Å². The second-order valence-corrected chi connectivity index (χ2v) is 11.3. The zero-order chi connectivity index (χ0) is 28.5. The van der Waals surface area contributed by atoms with Crippen molar-refractivity contribution in [3.63, 3.8) is 0 Å². The van der Waals surface area contributed by atoms with Crippen LogP contribution in [0.15, 0.2) is 60.9 Å². The summed E-state index contributed by atoms with van der Waals surface area (Å²) in [6.07, 6.45) is 5.55. The molecule has 1 spiro atoms. The van der Waals surface area contributed by atoms with Gasteiger partial charge < -0.3 is 9.84 Å². The smallest absolute Gasteiger partial charge is 0.243 e. The molecule has 2 aromatic carbocycles. The maximum atomic E-state index is 14.2. The number of aromatic nitrogens is 1. The lowest BCUT2D eigenvalue weighted by Crippen LogP contribution is -2.42. The van der Waals surface area contributed by atoms with Crippen molar-refractivity contribution >= 4 is 5.91 Å². The third kappa shape index (κ3) is 6.07. The number of halogens is 2. The van der Waals surface area contributed by atoms with Crippen molar-refractivity contribution in [1.82, 2.24) is 14.9 Å². The number of amides is 1. The number of piperidine rings is 1. The minimum Gasteiger partial charge on any atom is -0.388 e. The molecule has 1 amide bonds. The van der Waals surface area contributed by atoms with Crippen LogP contribution in [0.1, 0.15) is 67.5 Å². The molecular weight excluding hydrogens is 516 g/mol. The van der Waals surface area contributed by atoms with Gasteiger partial charge in [-0.2, -0.15) is 0 Å². The van der Waals surface area contributed by atoms with E-state index in [2.05, 4.69) is 9.88 Å². The van der Waals surface area contributed by atoms with Crippen LogP contribution in [0.4, 0.5) is 8.78 Å². The molecule has 0 radical (unpaired) electrons. The molecule has 1 atom stereocenters. The van der Waals surface area contributed by atoms with E-state index in [0.29, 0.717) is 17.7 Å². The van der Waals surface area contributed by atoms with E-state index in [1.54, 1.807) is 13.8 Å². The number of aliphatic hydroxyl groups is 1. The average molecular weight is 552 g/mol. The monoisotopic (exact) mass is 551 g/mol. The fourth-order valence-electron chi connectivity index (χ4n) is 5.52. The maximum Gasteiger partial charge on any atom is 0.243 e. The Balaban J connectivity index is 1.32. The number of benzene rings is 2. The molecule has 1 fully saturated rings. The standard InChI is InChI=1S/C31H35F2N3O4/c1-21(37)36(40-20-30(2,3)38)29(24-8-9-27(32)28(33)16-24)23-6-4-22(5-7-23)18-35-14-11-31(12-15-35)26-17-34-13-10-25(26)19-39-31/h4-10,13,16-17,29,38H,11-12,14-15,18-20H2,1-3H3/t29-/m0/s1. The van der Waals surface area contributed by atoms with Gasteiger partial charge in [0.05, 0.1) is 17.8 Å². The minimum atomic E-state index is -1.20. The van der Waals surface area contributed by atoms with Gasteiger partial charge >= 0.3 is 0 Å². The highest BCUT2D eigenvalue weighted by Gasteiger charge is 2.42. The van der Waals surface area contributed by atoms with Crippen LogP contribution in [0.2, 0.25) is 0 Å². The highest BCUT2D eigenvalue weighted by molar-refractivity contribution is 5.73. The Kier molecular flexibility index (Phi) is 8.01. The summed E-state index contributed by atoms with van der Waals surface area (Å²) >= 11 is 0. The molecule has 2 aliphatic heterocycles. The summed E-state index contributed by atoms with van der Waals surface area (Å²) in [5.74, 6) is -2.43. The number of carbonyl (C=O) groups excluding carboxylic acids is 1. The Hall–Kier alpha value is -3.24. The van der Waals surface area contributed by atoms with Crippen LogP contribution in [0, 0.1) is 11.6 Å². The molecular formula is C31H35F2N3O4. The van der Waals surface area contributed by atoms with E-state index >= 15 is 0 Å². The summed E-state index contributed by atoms with van der Waals surface area (Å²) in [7, 11) is 0. The van der Waals surface area contributed by atoms with E-state index in [9.17, 15) is 18.7 Å². The van der Waals surface area contributed by atoms with Gasteiger partial charge in [0.25, 0.3) is 0 Å². The van der Waals surface area contributed by atoms with Crippen molar-refractivity contribution in [1.29, 1.82) is 0 Å². The second kappa shape index (κ2) is 11.3. The molecule has 0 bridgehead atoms. The topological polar surface area (TPSA) is 75.1 Å². The molecule has 5 rings (SSSR count). The molecule has 7 nitrogen and oxygen atoms in total. The van der Waals surface area contributed by atoms with Crippen LogP contribution in [-0.2, 0) is 33.1 Å². The lowest BCUT2D eigenvalue weighted by Gasteiger charge is -2.39. The fourth-order valence-corrected chi connectivity index (χ4v) is 5.52. The van der Waals surface area contributed by atoms with Crippen molar-refractivity contribution in [2.75, 3.05) is 19.7 Å². The number of likely N-dealkylation sites (tertiary alicyclic amines) is 1. The molecule has 1 aromatic heterocycles. The number of hydroxylamine groups is 2. The van der Waals surface area contributed by atoms with E-state index in [-0.39, 0.29) is 12.2 Å². The molecule has 1 saturated heterocycles. The molecule has 0 saturated carbocycles.